The largest absolute Gasteiger partial charge is 0.383 e. The molecule has 0 spiro atoms. The summed E-state index contributed by atoms with van der Waals surface area (Å²) in [6.45, 7) is 3.46. The van der Waals surface area contributed by atoms with Crippen LogP contribution in [0.1, 0.15) is 10.4 Å². The summed E-state index contributed by atoms with van der Waals surface area (Å²) in [7, 11) is 1.71. The number of rotatable bonds is 7. The molecule has 1 aliphatic rings. The zero-order chi connectivity index (χ0) is 23.7. The second kappa shape index (κ2) is 9.93. The molecule has 2 aromatic carbocycles. The molecule has 1 saturated heterocycles. The number of carbonyl (C=O) groups excluding carboxylic acids is 1. The molecule has 1 unspecified atom stereocenters. The number of piperazine rings is 1. The quantitative estimate of drug-likeness (QED) is 0.388. The van der Waals surface area contributed by atoms with Crippen LogP contribution < -0.4 is 5.73 Å². The van der Waals surface area contributed by atoms with Gasteiger partial charge in [-0.2, -0.15) is 0 Å². The van der Waals surface area contributed by atoms with Crippen LogP contribution >= 0.6 is 22.9 Å². The van der Waals surface area contributed by atoms with Crippen LogP contribution in [-0.2, 0) is 22.6 Å². The van der Waals surface area contributed by atoms with Gasteiger partial charge in [-0.1, -0.05) is 23.7 Å². The molecule has 3 heterocycles. The number of nitrogens with two attached hydrogens (primary N) is 1. The Balaban J connectivity index is 1.35. The van der Waals surface area contributed by atoms with Gasteiger partial charge in [-0.15, -0.1) is 11.3 Å². The third-order valence-electron chi connectivity index (χ3n) is 6.33. The molecule has 2 atom stereocenters. The highest BCUT2D eigenvalue weighted by molar-refractivity contribution is 7.19. The molecule has 7 nitrogen and oxygen atoms in total. The lowest BCUT2D eigenvalue weighted by Crippen LogP contribution is -2.59. The summed E-state index contributed by atoms with van der Waals surface area (Å²) in [5, 5.41) is 2.78. The lowest BCUT2D eigenvalue weighted by Gasteiger charge is -2.44. The molecule has 0 bridgehead atoms. The molecule has 1 aliphatic heterocycles. The smallest absolute Gasteiger partial charge is 0.138 e. The number of carbonyl (C=O) groups is 1. The highest BCUT2D eigenvalue weighted by Gasteiger charge is 2.34. The number of methoxy groups -OCH3 is 1. The van der Waals surface area contributed by atoms with Gasteiger partial charge in [-0.25, -0.2) is 9.97 Å². The van der Waals surface area contributed by atoms with Gasteiger partial charge in [0.15, 0.2) is 0 Å². The number of aldehydes is 1. The molecule has 0 amide bonds. The van der Waals surface area contributed by atoms with E-state index in [0.29, 0.717) is 25.5 Å². The molecule has 176 valence electrons. The van der Waals surface area contributed by atoms with Crippen molar-refractivity contribution in [3.05, 3.63) is 64.3 Å². The fraction of sp³-hybridized carbons (Fsp3) is 0.320. The molecular weight excluding hydrogens is 470 g/mol. The zero-order valence-electron chi connectivity index (χ0n) is 18.9. The average Bonchev–Trinajstić information content (AvgIpc) is 3.22. The van der Waals surface area contributed by atoms with Crippen molar-refractivity contribution >= 4 is 56.0 Å². The molecule has 5 rings (SSSR count). The number of benzene rings is 2. The van der Waals surface area contributed by atoms with E-state index < -0.39 is 0 Å². The molecule has 9 heteroatoms. The van der Waals surface area contributed by atoms with E-state index in [1.165, 1.54) is 21.3 Å². The molecule has 2 aromatic heterocycles. The van der Waals surface area contributed by atoms with Crippen LogP contribution in [0.15, 0.2) is 48.8 Å². The predicted octanol–water partition coefficient (Wildman–Crippen LogP) is 3.98. The molecule has 0 radical (unpaired) electrons. The minimum atomic E-state index is -0.233. The second-order valence-corrected chi connectivity index (χ2v) is 10.3. The lowest BCUT2D eigenvalue weighted by atomic mass is 10.0. The summed E-state index contributed by atoms with van der Waals surface area (Å²) in [5.74, 6) is 0.469. The summed E-state index contributed by atoms with van der Waals surface area (Å²) in [6, 6.07) is 14.1. The monoisotopic (exact) mass is 495 g/mol. The summed E-state index contributed by atoms with van der Waals surface area (Å²) in [4.78, 5) is 26.4. The van der Waals surface area contributed by atoms with Crippen molar-refractivity contribution < 1.29 is 9.53 Å². The van der Waals surface area contributed by atoms with Crippen LogP contribution in [0.25, 0.3) is 21.0 Å². The maximum Gasteiger partial charge on any atom is 0.138 e. The molecule has 0 aliphatic carbocycles. The Labute approximate surface area is 207 Å². The van der Waals surface area contributed by atoms with Gasteiger partial charge in [-0.3, -0.25) is 9.80 Å². The number of fused-ring (bicyclic) bond motifs is 2. The SMILES string of the molecule is COC[C@@H]1CN(Cc2cc3ccc(Cl)cc3s2)CC(C=O)N1Cc1ccc2c(N)ncnc2c1. The van der Waals surface area contributed by atoms with Crippen LogP contribution in [-0.4, -0.2) is 64.9 Å². The van der Waals surface area contributed by atoms with Crippen LogP contribution in [0.5, 0.6) is 0 Å². The second-order valence-electron chi connectivity index (χ2n) is 8.68. The first kappa shape index (κ1) is 23.1. The van der Waals surface area contributed by atoms with E-state index in [0.717, 1.165) is 40.9 Å². The Kier molecular flexibility index (Phi) is 6.76. The number of halogens is 1. The van der Waals surface area contributed by atoms with Crippen LogP contribution in [0.2, 0.25) is 5.02 Å². The number of hydrogen-bond donors (Lipinski definition) is 1. The number of ether oxygens (including phenoxy) is 1. The Hall–Kier alpha value is -2.62. The summed E-state index contributed by atoms with van der Waals surface area (Å²) < 4.78 is 6.74. The first-order valence-electron chi connectivity index (χ1n) is 11.1. The van der Waals surface area contributed by atoms with Crippen molar-refractivity contribution in [2.24, 2.45) is 0 Å². The van der Waals surface area contributed by atoms with Gasteiger partial charge < -0.3 is 15.3 Å². The van der Waals surface area contributed by atoms with Gasteiger partial charge in [0.25, 0.3) is 0 Å². The summed E-state index contributed by atoms with van der Waals surface area (Å²) in [6.07, 6.45) is 2.53. The first-order chi connectivity index (χ1) is 16.5. The Morgan fingerprint density at radius 3 is 2.88 bits per heavy atom. The maximum absolute atomic E-state index is 12.2. The van der Waals surface area contributed by atoms with Gasteiger partial charge in [0, 0.05) is 59.3 Å². The minimum Gasteiger partial charge on any atom is -0.383 e. The highest BCUT2D eigenvalue weighted by atomic mass is 35.5. The fourth-order valence-electron chi connectivity index (χ4n) is 4.75. The first-order valence-corrected chi connectivity index (χ1v) is 12.3. The van der Waals surface area contributed by atoms with Crippen molar-refractivity contribution in [3.63, 3.8) is 0 Å². The van der Waals surface area contributed by atoms with E-state index >= 15 is 0 Å². The molecule has 1 fully saturated rings. The van der Waals surface area contributed by atoms with Gasteiger partial charge >= 0.3 is 0 Å². The summed E-state index contributed by atoms with van der Waals surface area (Å²) in [5.41, 5.74) is 7.85. The summed E-state index contributed by atoms with van der Waals surface area (Å²) >= 11 is 7.91. The Bertz CT molecular complexity index is 1330. The van der Waals surface area contributed by atoms with Crippen molar-refractivity contribution in [2.45, 2.75) is 25.2 Å². The van der Waals surface area contributed by atoms with E-state index in [2.05, 4.69) is 31.9 Å². The third-order valence-corrected chi connectivity index (χ3v) is 7.65. The predicted molar refractivity (Wildman–Crippen MR) is 137 cm³/mol. The van der Waals surface area contributed by atoms with Crippen molar-refractivity contribution in [3.8, 4) is 0 Å². The Morgan fingerprint density at radius 2 is 2.06 bits per heavy atom. The van der Waals surface area contributed by atoms with Crippen molar-refractivity contribution in [1.29, 1.82) is 0 Å². The molecule has 0 saturated carbocycles. The van der Waals surface area contributed by atoms with Gasteiger partial charge in [0.05, 0.1) is 18.2 Å². The zero-order valence-corrected chi connectivity index (χ0v) is 20.4. The number of nitrogen functional groups attached to an aromatic ring is 1. The van der Waals surface area contributed by atoms with E-state index in [-0.39, 0.29) is 12.1 Å². The van der Waals surface area contributed by atoms with Crippen molar-refractivity contribution in [2.75, 3.05) is 32.5 Å². The Morgan fingerprint density at radius 1 is 1.18 bits per heavy atom. The number of hydrogen-bond acceptors (Lipinski definition) is 8. The normalized spacial score (nSPS) is 19.7. The van der Waals surface area contributed by atoms with Gasteiger partial charge in [0.2, 0.25) is 0 Å². The number of aromatic nitrogens is 2. The molecule has 34 heavy (non-hydrogen) atoms. The number of anilines is 1. The van der Waals surface area contributed by atoms with E-state index in [9.17, 15) is 4.79 Å². The van der Waals surface area contributed by atoms with Crippen LogP contribution in [0.4, 0.5) is 5.82 Å². The van der Waals surface area contributed by atoms with E-state index in [1.807, 2.05) is 30.3 Å². The van der Waals surface area contributed by atoms with E-state index in [1.54, 1.807) is 18.4 Å². The van der Waals surface area contributed by atoms with E-state index in [4.69, 9.17) is 22.1 Å². The topological polar surface area (TPSA) is 84.6 Å². The highest BCUT2D eigenvalue weighted by Crippen LogP contribution is 2.30. The van der Waals surface area contributed by atoms with Gasteiger partial charge in [0.1, 0.15) is 18.4 Å². The maximum atomic E-state index is 12.2. The number of nitrogens with zero attached hydrogens (tertiary/aromatic N) is 4. The lowest BCUT2D eigenvalue weighted by molar-refractivity contribution is -0.118. The van der Waals surface area contributed by atoms with Crippen LogP contribution in [0, 0.1) is 0 Å². The number of thiophene rings is 1. The molecule has 4 aromatic rings. The fourth-order valence-corrected chi connectivity index (χ4v) is 6.13. The molecular formula is C25H26ClN5O2S. The average molecular weight is 496 g/mol. The minimum absolute atomic E-state index is 0.0870. The third kappa shape index (κ3) is 4.78. The van der Waals surface area contributed by atoms with Gasteiger partial charge in [-0.05, 0) is 41.3 Å². The standard InChI is InChI=1S/C25H26ClN5O2S/c1-33-14-20-11-30(12-21-7-17-3-4-18(26)8-24(17)34-21)10-19(13-32)31(20)9-16-2-5-22-23(6-16)28-15-29-25(22)27/h2-8,13,15,19-20H,9-12,14H2,1H3,(H2,27,28,29)/t19?,20-/m0/s1. The molecule has 2 N–H and O–H groups in total. The van der Waals surface area contributed by atoms with Crippen molar-refractivity contribution in [1.82, 2.24) is 19.8 Å². The van der Waals surface area contributed by atoms with Crippen LogP contribution in [0.3, 0.4) is 0 Å².